The van der Waals surface area contributed by atoms with Gasteiger partial charge in [0.05, 0.1) is 5.54 Å². The third-order valence-electron chi connectivity index (χ3n) is 2.65. The molecule has 0 rings (SSSR count). The Balaban J connectivity index is 4.17. The molecule has 0 unspecified atom stereocenters. The lowest BCUT2D eigenvalue weighted by molar-refractivity contribution is -0.123. The van der Waals surface area contributed by atoms with Gasteiger partial charge in [-0.15, -0.1) is 12.3 Å². The number of nitrogens with two attached hydrogens (primary N) is 1. The van der Waals surface area contributed by atoms with Crippen molar-refractivity contribution in [2.45, 2.75) is 45.1 Å². The molecule has 3 heteroatoms. The summed E-state index contributed by atoms with van der Waals surface area (Å²) in [4.78, 5) is 11.4. The monoisotopic (exact) mass is 196 g/mol. The second kappa shape index (κ2) is 6.44. The second-order valence-corrected chi connectivity index (χ2v) is 3.44. The van der Waals surface area contributed by atoms with Gasteiger partial charge in [0.15, 0.2) is 0 Å². The number of hydrogen-bond acceptors (Lipinski definition) is 2. The standard InChI is InChI=1S/C11H20N2O/c1-4-7-8-10(14)13-11(5-2,6-3)9-12/h1H,5-9,12H2,2-3H3,(H,13,14). The molecule has 0 aromatic rings. The molecule has 0 spiro atoms. The van der Waals surface area contributed by atoms with Gasteiger partial charge < -0.3 is 11.1 Å². The molecule has 0 aliphatic carbocycles. The summed E-state index contributed by atoms with van der Waals surface area (Å²) in [5.74, 6) is 2.44. The van der Waals surface area contributed by atoms with E-state index in [1.807, 2.05) is 13.8 Å². The lowest BCUT2D eigenvalue weighted by Gasteiger charge is -2.31. The molecule has 80 valence electrons. The summed E-state index contributed by atoms with van der Waals surface area (Å²) in [5, 5.41) is 2.95. The molecule has 0 saturated carbocycles. The summed E-state index contributed by atoms with van der Waals surface area (Å²) in [5.41, 5.74) is 5.41. The Bertz CT molecular complexity index is 206. The first-order valence-electron chi connectivity index (χ1n) is 5.08. The highest BCUT2D eigenvalue weighted by molar-refractivity contribution is 5.77. The molecule has 0 heterocycles. The zero-order valence-electron chi connectivity index (χ0n) is 9.10. The highest BCUT2D eigenvalue weighted by Gasteiger charge is 2.25. The van der Waals surface area contributed by atoms with Crippen molar-refractivity contribution < 1.29 is 4.79 Å². The molecule has 0 atom stereocenters. The van der Waals surface area contributed by atoms with Crippen LogP contribution in [0.3, 0.4) is 0 Å². The van der Waals surface area contributed by atoms with E-state index in [1.54, 1.807) is 0 Å². The van der Waals surface area contributed by atoms with Crippen LogP contribution < -0.4 is 11.1 Å². The number of carbonyl (C=O) groups excluding carboxylic acids is 1. The summed E-state index contributed by atoms with van der Waals surface area (Å²) < 4.78 is 0. The molecule has 0 saturated heterocycles. The molecule has 0 radical (unpaired) electrons. The number of hydrogen-bond donors (Lipinski definition) is 2. The minimum Gasteiger partial charge on any atom is -0.349 e. The summed E-state index contributed by atoms with van der Waals surface area (Å²) >= 11 is 0. The maximum absolute atomic E-state index is 11.4. The molecule has 0 aliphatic rings. The Labute approximate surface area is 86.4 Å². The summed E-state index contributed by atoms with van der Waals surface area (Å²) in [6, 6.07) is 0. The zero-order chi connectivity index (χ0) is 11.0. The Morgan fingerprint density at radius 1 is 1.50 bits per heavy atom. The quantitative estimate of drug-likeness (QED) is 0.623. The third kappa shape index (κ3) is 3.80. The number of rotatable bonds is 6. The van der Waals surface area contributed by atoms with Crippen molar-refractivity contribution in [1.29, 1.82) is 0 Å². The van der Waals surface area contributed by atoms with E-state index in [-0.39, 0.29) is 11.4 Å². The molecule has 14 heavy (non-hydrogen) atoms. The van der Waals surface area contributed by atoms with Crippen molar-refractivity contribution in [3.8, 4) is 12.3 Å². The molecule has 1 amide bonds. The Morgan fingerprint density at radius 3 is 2.43 bits per heavy atom. The molecule has 0 bridgehead atoms. The molecule has 0 fully saturated rings. The van der Waals surface area contributed by atoms with E-state index in [1.165, 1.54) is 0 Å². The van der Waals surface area contributed by atoms with E-state index in [9.17, 15) is 4.79 Å². The van der Waals surface area contributed by atoms with E-state index < -0.39 is 0 Å². The number of nitrogens with one attached hydrogen (secondary N) is 1. The van der Waals surface area contributed by atoms with Crippen LogP contribution in [0.4, 0.5) is 0 Å². The van der Waals surface area contributed by atoms with E-state index in [0.29, 0.717) is 19.4 Å². The van der Waals surface area contributed by atoms with Gasteiger partial charge in [-0.1, -0.05) is 13.8 Å². The maximum Gasteiger partial charge on any atom is 0.221 e. The van der Waals surface area contributed by atoms with Crippen molar-refractivity contribution >= 4 is 5.91 Å². The molecule has 0 aromatic heterocycles. The number of amides is 1. The van der Waals surface area contributed by atoms with Crippen molar-refractivity contribution in [3.63, 3.8) is 0 Å². The smallest absolute Gasteiger partial charge is 0.221 e. The minimum absolute atomic E-state index is 0.00269. The highest BCUT2D eigenvalue weighted by atomic mass is 16.1. The molecular weight excluding hydrogens is 176 g/mol. The van der Waals surface area contributed by atoms with Gasteiger partial charge in [0.1, 0.15) is 0 Å². The molecule has 3 N–H and O–H groups in total. The fourth-order valence-corrected chi connectivity index (χ4v) is 1.31. The first kappa shape index (κ1) is 13.0. The van der Waals surface area contributed by atoms with Gasteiger partial charge in [-0.2, -0.15) is 0 Å². The Hall–Kier alpha value is -1.01. The molecule has 3 nitrogen and oxygen atoms in total. The van der Waals surface area contributed by atoms with Crippen LogP contribution in [0.1, 0.15) is 39.5 Å². The SMILES string of the molecule is C#CCCC(=O)NC(CC)(CC)CN. The van der Waals surface area contributed by atoms with Gasteiger partial charge in [0.25, 0.3) is 0 Å². The first-order chi connectivity index (χ1) is 6.64. The number of carbonyl (C=O) groups is 1. The topological polar surface area (TPSA) is 55.1 Å². The summed E-state index contributed by atoms with van der Waals surface area (Å²) in [6.07, 6.45) is 7.65. The van der Waals surface area contributed by atoms with Crippen molar-refractivity contribution in [2.75, 3.05) is 6.54 Å². The number of terminal acetylenes is 1. The van der Waals surface area contributed by atoms with Gasteiger partial charge >= 0.3 is 0 Å². The van der Waals surface area contributed by atoms with Crippen LogP contribution in [0.2, 0.25) is 0 Å². The van der Waals surface area contributed by atoms with E-state index in [0.717, 1.165) is 12.8 Å². The Morgan fingerprint density at radius 2 is 2.07 bits per heavy atom. The van der Waals surface area contributed by atoms with Crippen LogP contribution in [0.25, 0.3) is 0 Å². The lowest BCUT2D eigenvalue weighted by Crippen LogP contribution is -2.52. The van der Waals surface area contributed by atoms with Gasteiger partial charge in [-0.3, -0.25) is 4.79 Å². The van der Waals surface area contributed by atoms with E-state index in [4.69, 9.17) is 12.2 Å². The lowest BCUT2D eigenvalue weighted by atomic mass is 9.92. The predicted octanol–water partition coefficient (Wildman–Crippen LogP) is 1.03. The third-order valence-corrected chi connectivity index (χ3v) is 2.65. The summed E-state index contributed by atoms with van der Waals surface area (Å²) in [6.45, 7) is 4.53. The first-order valence-corrected chi connectivity index (χ1v) is 5.08. The normalized spacial score (nSPS) is 10.7. The van der Waals surface area contributed by atoms with E-state index in [2.05, 4.69) is 11.2 Å². The van der Waals surface area contributed by atoms with Crippen LogP contribution in [-0.4, -0.2) is 18.0 Å². The highest BCUT2D eigenvalue weighted by Crippen LogP contribution is 2.13. The fourth-order valence-electron chi connectivity index (χ4n) is 1.31. The largest absolute Gasteiger partial charge is 0.349 e. The fraction of sp³-hybridized carbons (Fsp3) is 0.727. The maximum atomic E-state index is 11.4. The van der Waals surface area contributed by atoms with Gasteiger partial charge in [-0.05, 0) is 12.8 Å². The predicted molar refractivity (Wildman–Crippen MR) is 58.6 cm³/mol. The van der Waals surface area contributed by atoms with Crippen LogP contribution >= 0.6 is 0 Å². The van der Waals surface area contributed by atoms with Gasteiger partial charge in [0, 0.05) is 19.4 Å². The van der Waals surface area contributed by atoms with Crippen molar-refractivity contribution in [3.05, 3.63) is 0 Å². The Kier molecular flexibility index (Phi) is 5.98. The van der Waals surface area contributed by atoms with Crippen LogP contribution in [0.5, 0.6) is 0 Å². The minimum atomic E-state index is -0.244. The second-order valence-electron chi connectivity index (χ2n) is 3.44. The molecular formula is C11H20N2O. The van der Waals surface area contributed by atoms with Crippen LogP contribution in [-0.2, 0) is 4.79 Å². The average molecular weight is 196 g/mol. The van der Waals surface area contributed by atoms with Crippen molar-refractivity contribution in [2.24, 2.45) is 5.73 Å². The molecule has 0 aromatic carbocycles. The summed E-state index contributed by atoms with van der Waals surface area (Å²) in [7, 11) is 0. The zero-order valence-corrected chi connectivity index (χ0v) is 9.10. The van der Waals surface area contributed by atoms with E-state index >= 15 is 0 Å². The average Bonchev–Trinajstić information content (AvgIpc) is 2.23. The van der Waals surface area contributed by atoms with Crippen molar-refractivity contribution in [1.82, 2.24) is 5.32 Å². The van der Waals surface area contributed by atoms with Crippen LogP contribution in [0.15, 0.2) is 0 Å². The molecule has 0 aliphatic heterocycles. The van der Waals surface area contributed by atoms with Crippen LogP contribution in [0, 0.1) is 12.3 Å². The van der Waals surface area contributed by atoms with Gasteiger partial charge in [0.2, 0.25) is 5.91 Å². The van der Waals surface area contributed by atoms with Gasteiger partial charge in [-0.25, -0.2) is 0 Å².